The molecule has 9 heteroatoms. The molecule has 1 heterocycles. The minimum Gasteiger partial charge on any atom is -0.327 e. The summed E-state index contributed by atoms with van der Waals surface area (Å²) in [5.41, 5.74) is 7.11. The summed E-state index contributed by atoms with van der Waals surface area (Å²) < 4.78 is 53.0. The van der Waals surface area contributed by atoms with Crippen molar-refractivity contribution in [3.63, 3.8) is 0 Å². The predicted molar refractivity (Wildman–Crippen MR) is 104 cm³/mol. The average molecular weight is 414 g/mol. The predicted octanol–water partition coefficient (Wildman–Crippen LogP) is 3.48. The summed E-state index contributed by atoms with van der Waals surface area (Å²) in [5, 5.41) is 0. The molecule has 144 valence electrons. The zero-order valence-electron chi connectivity index (χ0n) is 14.4. The van der Waals surface area contributed by atoms with Crippen LogP contribution in [-0.2, 0) is 16.4 Å². The SMILES string of the molecule is CS(=O)(=O)c1cccc(-c2cc(F)cc3c2ncn3C/C(F)=C/CN)c1.Cl. The van der Waals surface area contributed by atoms with Crippen molar-refractivity contribution in [1.29, 1.82) is 0 Å². The van der Waals surface area contributed by atoms with E-state index in [0.29, 0.717) is 22.2 Å². The van der Waals surface area contributed by atoms with Crippen molar-refractivity contribution in [3.05, 3.63) is 60.4 Å². The van der Waals surface area contributed by atoms with Gasteiger partial charge in [0.1, 0.15) is 11.6 Å². The van der Waals surface area contributed by atoms with E-state index in [1.807, 2.05) is 0 Å². The number of sulfone groups is 1. The van der Waals surface area contributed by atoms with Gasteiger partial charge in [-0.15, -0.1) is 12.4 Å². The maximum absolute atomic E-state index is 14.2. The van der Waals surface area contributed by atoms with Gasteiger partial charge in [0.25, 0.3) is 0 Å². The zero-order chi connectivity index (χ0) is 18.9. The molecule has 5 nitrogen and oxygen atoms in total. The van der Waals surface area contributed by atoms with Gasteiger partial charge >= 0.3 is 0 Å². The van der Waals surface area contributed by atoms with Crippen LogP contribution in [0.2, 0.25) is 0 Å². The first-order chi connectivity index (χ1) is 12.3. The van der Waals surface area contributed by atoms with Gasteiger partial charge in [0.05, 0.1) is 28.8 Å². The van der Waals surface area contributed by atoms with Gasteiger partial charge in [0, 0.05) is 18.4 Å². The smallest absolute Gasteiger partial charge is 0.175 e. The summed E-state index contributed by atoms with van der Waals surface area (Å²) >= 11 is 0. The molecule has 2 N–H and O–H groups in total. The number of halogens is 3. The first-order valence-corrected chi connectivity index (χ1v) is 9.68. The van der Waals surface area contributed by atoms with E-state index in [1.54, 1.807) is 12.1 Å². The fourth-order valence-electron chi connectivity index (χ4n) is 2.72. The number of imidazole rings is 1. The molecule has 1 aromatic heterocycles. The molecular formula is C18H18ClF2N3O2S. The van der Waals surface area contributed by atoms with Gasteiger partial charge in [-0.1, -0.05) is 12.1 Å². The molecule has 0 aliphatic rings. The molecule has 0 aliphatic carbocycles. The number of hydrogen-bond acceptors (Lipinski definition) is 4. The monoisotopic (exact) mass is 413 g/mol. The molecule has 0 saturated heterocycles. The highest BCUT2D eigenvalue weighted by Gasteiger charge is 2.15. The van der Waals surface area contributed by atoms with Crippen molar-refractivity contribution in [2.45, 2.75) is 11.4 Å². The molecule has 27 heavy (non-hydrogen) atoms. The minimum atomic E-state index is -3.40. The molecule has 3 rings (SSSR count). The molecule has 0 aliphatic heterocycles. The van der Waals surface area contributed by atoms with E-state index < -0.39 is 21.5 Å². The Kier molecular flexibility index (Phi) is 6.35. The van der Waals surface area contributed by atoms with E-state index in [-0.39, 0.29) is 30.4 Å². The zero-order valence-corrected chi connectivity index (χ0v) is 16.0. The van der Waals surface area contributed by atoms with Crippen LogP contribution in [0.15, 0.2) is 59.5 Å². The van der Waals surface area contributed by atoms with Gasteiger partial charge in [0.2, 0.25) is 0 Å². The second kappa shape index (κ2) is 8.16. The van der Waals surface area contributed by atoms with Crippen LogP contribution < -0.4 is 5.73 Å². The number of hydrogen-bond donors (Lipinski definition) is 1. The Balaban J connectivity index is 0.00000261. The third kappa shape index (κ3) is 4.52. The fraction of sp³-hybridized carbons (Fsp3) is 0.167. The molecule has 0 atom stereocenters. The largest absolute Gasteiger partial charge is 0.327 e. The first-order valence-electron chi connectivity index (χ1n) is 7.79. The Morgan fingerprint density at radius 2 is 2.04 bits per heavy atom. The summed E-state index contributed by atoms with van der Waals surface area (Å²) in [4.78, 5) is 4.39. The van der Waals surface area contributed by atoms with Crippen molar-refractivity contribution >= 4 is 33.3 Å². The van der Waals surface area contributed by atoms with Crippen molar-refractivity contribution < 1.29 is 17.2 Å². The van der Waals surface area contributed by atoms with Gasteiger partial charge < -0.3 is 10.3 Å². The third-order valence-electron chi connectivity index (χ3n) is 3.92. The number of nitrogens with two attached hydrogens (primary N) is 1. The summed E-state index contributed by atoms with van der Waals surface area (Å²) in [6.07, 6.45) is 3.76. The number of aromatic nitrogens is 2. The lowest BCUT2D eigenvalue weighted by atomic mass is 10.0. The first kappa shape index (κ1) is 21.0. The fourth-order valence-corrected chi connectivity index (χ4v) is 3.39. The second-order valence-electron chi connectivity index (χ2n) is 5.88. The minimum absolute atomic E-state index is 0. The van der Waals surface area contributed by atoms with Crippen molar-refractivity contribution in [3.8, 4) is 11.1 Å². The highest BCUT2D eigenvalue weighted by molar-refractivity contribution is 7.90. The molecule has 0 unspecified atom stereocenters. The summed E-state index contributed by atoms with van der Waals surface area (Å²) in [7, 11) is -3.40. The standard InChI is InChI=1S/C18H17F2N3O2S.ClH/c1-26(24,25)15-4-2-3-12(7-15)16-8-14(20)9-17-18(16)22-11-23(17)10-13(19)5-6-21;/h2-5,7-9,11H,6,10,21H2,1H3;1H/b13-5-;. The van der Waals surface area contributed by atoms with Crippen LogP contribution in [0.3, 0.4) is 0 Å². The quantitative estimate of drug-likeness (QED) is 0.694. The maximum Gasteiger partial charge on any atom is 0.175 e. The molecular weight excluding hydrogens is 396 g/mol. The van der Waals surface area contributed by atoms with Gasteiger partial charge in [-0.25, -0.2) is 22.2 Å². The van der Waals surface area contributed by atoms with Crippen molar-refractivity contribution in [1.82, 2.24) is 9.55 Å². The van der Waals surface area contributed by atoms with Crippen LogP contribution in [-0.4, -0.2) is 30.8 Å². The van der Waals surface area contributed by atoms with Crippen molar-refractivity contribution in [2.24, 2.45) is 5.73 Å². The Morgan fingerprint density at radius 3 is 2.70 bits per heavy atom. The Labute approximate surface area is 161 Å². The third-order valence-corrected chi connectivity index (χ3v) is 5.03. The van der Waals surface area contributed by atoms with Crippen LogP contribution in [0.5, 0.6) is 0 Å². The summed E-state index contributed by atoms with van der Waals surface area (Å²) in [6, 6.07) is 8.76. The van der Waals surface area contributed by atoms with Crippen LogP contribution in [0, 0.1) is 5.82 Å². The van der Waals surface area contributed by atoms with Crippen LogP contribution in [0.4, 0.5) is 8.78 Å². The molecule has 0 saturated carbocycles. The van der Waals surface area contributed by atoms with Crippen LogP contribution in [0.25, 0.3) is 22.2 Å². The number of allylic oxidation sites excluding steroid dienone is 1. The lowest BCUT2D eigenvalue weighted by Crippen LogP contribution is -2.01. The molecule has 3 aromatic rings. The van der Waals surface area contributed by atoms with E-state index in [4.69, 9.17) is 5.73 Å². The number of benzene rings is 2. The van der Waals surface area contributed by atoms with E-state index in [0.717, 1.165) is 6.26 Å². The van der Waals surface area contributed by atoms with E-state index >= 15 is 0 Å². The molecule has 0 radical (unpaired) electrons. The molecule has 0 amide bonds. The number of rotatable bonds is 5. The molecule has 0 spiro atoms. The summed E-state index contributed by atoms with van der Waals surface area (Å²) in [6.45, 7) is -0.0453. The average Bonchev–Trinajstić information content (AvgIpc) is 2.96. The Bertz CT molecular complexity index is 1110. The van der Waals surface area contributed by atoms with E-state index in [1.165, 1.54) is 41.2 Å². The summed E-state index contributed by atoms with van der Waals surface area (Å²) in [5.74, 6) is -0.973. The van der Waals surface area contributed by atoms with Crippen LogP contribution >= 0.6 is 12.4 Å². The molecule has 0 bridgehead atoms. The topological polar surface area (TPSA) is 78.0 Å². The van der Waals surface area contributed by atoms with Gasteiger partial charge in [-0.2, -0.15) is 0 Å². The molecule has 2 aromatic carbocycles. The van der Waals surface area contributed by atoms with Gasteiger partial charge in [-0.05, 0) is 35.9 Å². The normalized spacial score (nSPS) is 12.2. The van der Waals surface area contributed by atoms with Crippen LogP contribution in [0.1, 0.15) is 0 Å². The molecule has 0 fully saturated rings. The lowest BCUT2D eigenvalue weighted by molar-refractivity contribution is 0.557. The van der Waals surface area contributed by atoms with E-state index in [9.17, 15) is 17.2 Å². The lowest BCUT2D eigenvalue weighted by Gasteiger charge is -2.07. The number of nitrogens with zero attached hydrogens (tertiary/aromatic N) is 2. The highest BCUT2D eigenvalue weighted by Crippen LogP contribution is 2.30. The number of fused-ring (bicyclic) bond motifs is 1. The van der Waals surface area contributed by atoms with Gasteiger partial charge in [-0.3, -0.25) is 0 Å². The van der Waals surface area contributed by atoms with Crippen molar-refractivity contribution in [2.75, 3.05) is 12.8 Å². The Hall–Kier alpha value is -2.29. The highest BCUT2D eigenvalue weighted by atomic mass is 35.5. The maximum atomic E-state index is 14.2. The van der Waals surface area contributed by atoms with E-state index in [2.05, 4.69) is 4.98 Å². The second-order valence-corrected chi connectivity index (χ2v) is 7.90. The Morgan fingerprint density at radius 1 is 1.30 bits per heavy atom. The van der Waals surface area contributed by atoms with Gasteiger partial charge in [0.15, 0.2) is 9.84 Å².